The maximum Gasteiger partial charge on any atom is 0.226 e. The standard InChI is InChI=1S/C14H26N2O/c1-14(7-10-15-11-8-14)13(17)16-9-6-12-4-2-3-5-12/h12,15H,2-11H2,1H3,(H,16,17). The van der Waals surface area contributed by atoms with Crippen LogP contribution in [0.2, 0.25) is 0 Å². The average Bonchev–Trinajstić information content (AvgIpc) is 2.83. The summed E-state index contributed by atoms with van der Waals surface area (Å²) in [4.78, 5) is 12.2. The molecule has 2 aliphatic rings. The van der Waals surface area contributed by atoms with Crippen LogP contribution >= 0.6 is 0 Å². The summed E-state index contributed by atoms with van der Waals surface area (Å²) in [5, 5.41) is 6.47. The molecule has 0 aromatic carbocycles. The third kappa shape index (κ3) is 3.44. The second-order valence-electron chi connectivity index (χ2n) is 6.01. The largest absolute Gasteiger partial charge is 0.356 e. The quantitative estimate of drug-likeness (QED) is 0.787. The van der Waals surface area contributed by atoms with Gasteiger partial charge in [-0.05, 0) is 38.3 Å². The molecule has 0 aromatic heterocycles. The molecule has 2 rings (SSSR count). The van der Waals surface area contributed by atoms with Crippen molar-refractivity contribution >= 4 is 5.91 Å². The van der Waals surface area contributed by atoms with Crippen molar-refractivity contribution in [1.82, 2.24) is 10.6 Å². The smallest absolute Gasteiger partial charge is 0.226 e. The van der Waals surface area contributed by atoms with E-state index in [1.54, 1.807) is 0 Å². The minimum absolute atomic E-state index is 0.124. The van der Waals surface area contributed by atoms with Crippen molar-refractivity contribution in [2.24, 2.45) is 11.3 Å². The lowest BCUT2D eigenvalue weighted by Crippen LogP contribution is -2.46. The molecule has 0 unspecified atom stereocenters. The third-order valence-corrected chi connectivity index (χ3v) is 4.57. The molecule has 3 nitrogen and oxygen atoms in total. The average molecular weight is 238 g/mol. The van der Waals surface area contributed by atoms with Crippen molar-refractivity contribution in [3.05, 3.63) is 0 Å². The van der Waals surface area contributed by atoms with Gasteiger partial charge in [0.15, 0.2) is 0 Å². The van der Waals surface area contributed by atoms with Crippen molar-refractivity contribution in [3.8, 4) is 0 Å². The summed E-state index contributed by atoms with van der Waals surface area (Å²) in [5.41, 5.74) is -0.124. The molecular weight excluding hydrogens is 212 g/mol. The van der Waals surface area contributed by atoms with Gasteiger partial charge < -0.3 is 10.6 Å². The Hall–Kier alpha value is -0.570. The van der Waals surface area contributed by atoms with Crippen LogP contribution in [0.3, 0.4) is 0 Å². The van der Waals surface area contributed by atoms with Crippen LogP contribution < -0.4 is 10.6 Å². The molecule has 1 saturated carbocycles. The topological polar surface area (TPSA) is 41.1 Å². The van der Waals surface area contributed by atoms with E-state index in [1.807, 2.05) is 0 Å². The number of hydrogen-bond donors (Lipinski definition) is 2. The van der Waals surface area contributed by atoms with Crippen LogP contribution in [0.4, 0.5) is 0 Å². The molecule has 0 spiro atoms. The van der Waals surface area contributed by atoms with Gasteiger partial charge in [0.05, 0.1) is 0 Å². The van der Waals surface area contributed by atoms with Gasteiger partial charge in [-0.25, -0.2) is 0 Å². The predicted octanol–water partition coefficient (Wildman–Crippen LogP) is 2.07. The highest BCUT2D eigenvalue weighted by molar-refractivity contribution is 5.82. The molecular formula is C14H26N2O. The van der Waals surface area contributed by atoms with E-state index in [9.17, 15) is 4.79 Å². The zero-order valence-electron chi connectivity index (χ0n) is 11.1. The van der Waals surface area contributed by atoms with E-state index in [-0.39, 0.29) is 11.3 Å². The first kappa shape index (κ1) is 12.9. The van der Waals surface area contributed by atoms with Crippen molar-refractivity contribution in [3.63, 3.8) is 0 Å². The highest BCUT2D eigenvalue weighted by Crippen LogP contribution is 2.29. The van der Waals surface area contributed by atoms with Crippen molar-refractivity contribution in [2.75, 3.05) is 19.6 Å². The minimum atomic E-state index is -0.124. The van der Waals surface area contributed by atoms with Gasteiger partial charge in [-0.2, -0.15) is 0 Å². The minimum Gasteiger partial charge on any atom is -0.356 e. The predicted molar refractivity (Wildman–Crippen MR) is 69.8 cm³/mol. The van der Waals surface area contributed by atoms with E-state index in [0.29, 0.717) is 0 Å². The molecule has 0 aromatic rings. The Labute approximate surface area is 105 Å². The van der Waals surface area contributed by atoms with E-state index in [1.165, 1.54) is 32.1 Å². The number of hydrogen-bond acceptors (Lipinski definition) is 2. The number of rotatable bonds is 4. The van der Waals surface area contributed by atoms with Gasteiger partial charge in [-0.15, -0.1) is 0 Å². The van der Waals surface area contributed by atoms with Crippen LogP contribution in [0.15, 0.2) is 0 Å². The molecule has 0 atom stereocenters. The van der Waals surface area contributed by atoms with Crippen molar-refractivity contribution in [2.45, 2.75) is 51.9 Å². The summed E-state index contributed by atoms with van der Waals surface area (Å²) < 4.78 is 0. The van der Waals surface area contributed by atoms with Gasteiger partial charge in [0.25, 0.3) is 0 Å². The van der Waals surface area contributed by atoms with Gasteiger partial charge in [0.2, 0.25) is 5.91 Å². The third-order valence-electron chi connectivity index (χ3n) is 4.57. The molecule has 3 heteroatoms. The molecule has 1 aliphatic carbocycles. The first-order chi connectivity index (χ1) is 8.21. The Kier molecular flexibility index (Phi) is 4.43. The zero-order chi connectivity index (χ0) is 12.1. The van der Waals surface area contributed by atoms with E-state index in [2.05, 4.69) is 17.6 Å². The Morgan fingerprint density at radius 2 is 1.94 bits per heavy atom. The number of amides is 1. The van der Waals surface area contributed by atoms with Crippen molar-refractivity contribution < 1.29 is 4.79 Å². The molecule has 1 saturated heterocycles. The van der Waals surface area contributed by atoms with E-state index in [4.69, 9.17) is 0 Å². The Morgan fingerprint density at radius 1 is 1.29 bits per heavy atom. The van der Waals surface area contributed by atoms with E-state index in [0.717, 1.165) is 38.4 Å². The molecule has 17 heavy (non-hydrogen) atoms. The lowest BCUT2D eigenvalue weighted by atomic mass is 9.80. The SMILES string of the molecule is CC1(C(=O)NCCC2CCCC2)CCNCC1. The summed E-state index contributed by atoms with van der Waals surface area (Å²) in [6.07, 6.45) is 8.66. The Balaban J connectivity index is 1.68. The number of carbonyl (C=O) groups excluding carboxylic acids is 1. The highest BCUT2D eigenvalue weighted by Gasteiger charge is 2.34. The highest BCUT2D eigenvalue weighted by atomic mass is 16.2. The molecule has 1 heterocycles. The van der Waals surface area contributed by atoms with E-state index < -0.39 is 0 Å². The van der Waals surface area contributed by atoms with Crippen LogP contribution in [0, 0.1) is 11.3 Å². The normalized spacial score (nSPS) is 24.8. The monoisotopic (exact) mass is 238 g/mol. The second-order valence-corrected chi connectivity index (χ2v) is 6.01. The summed E-state index contributed by atoms with van der Waals surface area (Å²) in [6.45, 7) is 4.95. The summed E-state index contributed by atoms with van der Waals surface area (Å²) in [7, 11) is 0. The number of carbonyl (C=O) groups is 1. The zero-order valence-corrected chi connectivity index (χ0v) is 11.1. The van der Waals surface area contributed by atoms with Crippen molar-refractivity contribution in [1.29, 1.82) is 0 Å². The Bertz CT molecular complexity index is 253. The summed E-state index contributed by atoms with van der Waals surface area (Å²) in [6, 6.07) is 0. The molecule has 0 bridgehead atoms. The first-order valence-electron chi connectivity index (χ1n) is 7.20. The number of nitrogens with one attached hydrogen (secondary N) is 2. The van der Waals surface area contributed by atoms with Crippen LogP contribution in [0.5, 0.6) is 0 Å². The summed E-state index contributed by atoms with van der Waals surface area (Å²) >= 11 is 0. The van der Waals surface area contributed by atoms with Gasteiger partial charge in [0, 0.05) is 12.0 Å². The summed E-state index contributed by atoms with van der Waals surface area (Å²) in [5.74, 6) is 1.15. The van der Waals surface area contributed by atoms with Crippen LogP contribution in [0.25, 0.3) is 0 Å². The Morgan fingerprint density at radius 3 is 2.59 bits per heavy atom. The molecule has 1 aliphatic heterocycles. The molecule has 0 radical (unpaired) electrons. The fourth-order valence-electron chi connectivity index (χ4n) is 3.11. The maximum atomic E-state index is 12.2. The lowest BCUT2D eigenvalue weighted by molar-refractivity contribution is -0.131. The van der Waals surface area contributed by atoms with Gasteiger partial charge >= 0.3 is 0 Å². The van der Waals surface area contributed by atoms with Gasteiger partial charge in [-0.3, -0.25) is 4.79 Å². The molecule has 2 fully saturated rings. The lowest BCUT2D eigenvalue weighted by Gasteiger charge is -2.32. The van der Waals surface area contributed by atoms with Crippen LogP contribution in [-0.4, -0.2) is 25.5 Å². The van der Waals surface area contributed by atoms with Crippen LogP contribution in [0.1, 0.15) is 51.9 Å². The maximum absolute atomic E-state index is 12.2. The fraction of sp³-hybridized carbons (Fsp3) is 0.929. The first-order valence-corrected chi connectivity index (χ1v) is 7.20. The van der Waals surface area contributed by atoms with Crippen LogP contribution in [-0.2, 0) is 4.79 Å². The molecule has 98 valence electrons. The molecule has 2 N–H and O–H groups in total. The van der Waals surface area contributed by atoms with Gasteiger partial charge in [0.1, 0.15) is 0 Å². The fourth-order valence-corrected chi connectivity index (χ4v) is 3.11. The van der Waals surface area contributed by atoms with Gasteiger partial charge in [-0.1, -0.05) is 32.6 Å². The molecule has 1 amide bonds. The van der Waals surface area contributed by atoms with E-state index >= 15 is 0 Å². The number of piperidine rings is 1. The second kappa shape index (κ2) is 5.85.